The third kappa shape index (κ3) is 2.35. The van der Waals surface area contributed by atoms with Crippen molar-refractivity contribution in [2.24, 2.45) is 0 Å². The highest BCUT2D eigenvalue weighted by atomic mass is 16.2. The number of carbonyl (C=O) groups is 3. The molecule has 2 amide bonds. The second-order valence-corrected chi connectivity index (χ2v) is 7.83. The molecular weight excluding hydrogens is 352 g/mol. The minimum absolute atomic E-state index is 0.221. The van der Waals surface area contributed by atoms with Crippen LogP contribution in [0.4, 0.5) is 0 Å². The van der Waals surface area contributed by atoms with E-state index in [0.29, 0.717) is 37.1 Å². The molecule has 0 bridgehead atoms. The molecule has 2 aliphatic heterocycles. The Balaban J connectivity index is 1.95. The van der Waals surface area contributed by atoms with Crippen molar-refractivity contribution in [1.82, 2.24) is 9.80 Å². The smallest absolute Gasteiger partial charge is 0.240 e. The number of ketones is 1. The number of Topliss-reactive ketones (excluding diaryl/α,β-unsaturated/α-hetero) is 1. The number of carbonyl (C=O) groups excluding carboxylic acids is 3. The monoisotopic (exact) mass is 376 g/mol. The van der Waals surface area contributed by atoms with Gasteiger partial charge in [0.2, 0.25) is 11.8 Å². The summed E-state index contributed by atoms with van der Waals surface area (Å²) in [6, 6.07) is 18.4. The van der Waals surface area contributed by atoms with Crippen LogP contribution in [0, 0.1) is 0 Å². The van der Waals surface area contributed by atoms with Crippen molar-refractivity contribution in [2.45, 2.75) is 23.7 Å². The van der Waals surface area contributed by atoms with E-state index in [4.69, 9.17) is 0 Å². The quantitative estimate of drug-likeness (QED) is 0.769. The summed E-state index contributed by atoms with van der Waals surface area (Å²) in [7, 11) is 3.44. The summed E-state index contributed by atoms with van der Waals surface area (Å²) in [5, 5.41) is 0. The van der Waals surface area contributed by atoms with Crippen LogP contribution in [0.3, 0.4) is 0 Å². The Labute approximate surface area is 164 Å². The van der Waals surface area contributed by atoms with Crippen molar-refractivity contribution < 1.29 is 14.4 Å². The van der Waals surface area contributed by atoms with E-state index in [1.807, 2.05) is 60.7 Å². The van der Waals surface area contributed by atoms with Crippen LogP contribution in [0.5, 0.6) is 0 Å². The van der Waals surface area contributed by atoms with Crippen LogP contribution in [0.2, 0.25) is 0 Å². The lowest BCUT2D eigenvalue weighted by atomic mass is 9.62. The molecule has 2 atom stereocenters. The highest BCUT2D eigenvalue weighted by Crippen LogP contribution is 2.46. The zero-order valence-electron chi connectivity index (χ0n) is 16.2. The fourth-order valence-corrected chi connectivity index (χ4v) is 4.77. The molecule has 2 saturated heterocycles. The first-order chi connectivity index (χ1) is 13.4. The predicted molar refractivity (Wildman–Crippen MR) is 106 cm³/mol. The first-order valence-corrected chi connectivity index (χ1v) is 9.61. The number of likely N-dealkylation sites (N-methyl/N-ethyl adjacent to an activating group) is 2. The van der Waals surface area contributed by atoms with E-state index in [1.165, 1.54) is 0 Å². The topological polar surface area (TPSA) is 57.7 Å². The summed E-state index contributed by atoms with van der Waals surface area (Å²) in [5.41, 5.74) is -1.31. The summed E-state index contributed by atoms with van der Waals surface area (Å²) in [6.07, 6.45) is 0.771. The Hall–Kier alpha value is -2.95. The highest BCUT2D eigenvalue weighted by Gasteiger charge is 2.63. The zero-order valence-corrected chi connectivity index (χ0v) is 16.2. The number of likely N-dealkylation sites (tertiary alicyclic amines) is 2. The molecule has 2 fully saturated rings. The Kier molecular flexibility index (Phi) is 4.33. The van der Waals surface area contributed by atoms with E-state index < -0.39 is 10.8 Å². The SMILES string of the molecule is CN1CC[C@@](C(=O)[C@@]2(c3ccccc3)CCN(C)C2=O)(c2ccccc2)C1=O. The van der Waals surface area contributed by atoms with Crippen LogP contribution < -0.4 is 0 Å². The van der Waals surface area contributed by atoms with E-state index in [9.17, 15) is 14.4 Å². The summed E-state index contributed by atoms with van der Waals surface area (Å²) in [4.78, 5) is 44.3. The lowest BCUT2D eigenvalue weighted by molar-refractivity contribution is -0.145. The zero-order chi connectivity index (χ0) is 19.9. The first-order valence-electron chi connectivity index (χ1n) is 9.61. The Morgan fingerprint density at radius 2 is 1.07 bits per heavy atom. The highest BCUT2D eigenvalue weighted by molar-refractivity contribution is 6.25. The Bertz CT molecular complexity index is 852. The fourth-order valence-electron chi connectivity index (χ4n) is 4.77. The minimum Gasteiger partial charge on any atom is -0.345 e. The van der Waals surface area contributed by atoms with Crippen LogP contribution in [0.1, 0.15) is 24.0 Å². The van der Waals surface area contributed by atoms with Gasteiger partial charge in [0.05, 0.1) is 0 Å². The Morgan fingerprint density at radius 1 is 0.714 bits per heavy atom. The lowest BCUT2D eigenvalue weighted by Gasteiger charge is -2.36. The normalized spacial score (nSPS) is 27.5. The molecule has 28 heavy (non-hydrogen) atoms. The molecule has 0 saturated carbocycles. The maximum absolute atomic E-state index is 14.3. The predicted octanol–water partition coefficient (Wildman–Crippen LogP) is 2.16. The second-order valence-electron chi connectivity index (χ2n) is 7.83. The fraction of sp³-hybridized carbons (Fsp3) is 0.348. The number of amides is 2. The van der Waals surface area contributed by atoms with Gasteiger partial charge in [-0.25, -0.2) is 0 Å². The number of benzene rings is 2. The number of nitrogens with zero attached hydrogens (tertiary/aromatic N) is 2. The van der Waals surface area contributed by atoms with Gasteiger partial charge >= 0.3 is 0 Å². The van der Waals surface area contributed by atoms with Gasteiger partial charge in [-0.15, -0.1) is 0 Å². The molecule has 2 aromatic carbocycles. The van der Waals surface area contributed by atoms with Gasteiger partial charge in [-0.3, -0.25) is 14.4 Å². The number of rotatable bonds is 4. The van der Waals surface area contributed by atoms with Crippen molar-refractivity contribution in [1.29, 1.82) is 0 Å². The van der Waals surface area contributed by atoms with Gasteiger partial charge < -0.3 is 9.80 Å². The summed E-state index contributed by atoms with van der Waals surface area (Å²) in [6.45, 7) is 0.989. The molecule has 5 heteroatoms. The molecule has 0 N–H and O–H groups in total. The van der Waals surface area contributed by atoms with Gasteiger partial charge in [0.1, 0.15) is 10.8 Å². The third-order valence-corrected chi connectivity index (χ3v) is 6.38. The van der Waals surface area contributed by atoms with Crippen LogP contribution in [0.25, 0.3) is 0 Å². The maximum Gasteiger partial charge on any atom is 0.240 e. The summed E-state index contributed by atoms with van der Waals surface area (Å²) >= 11 is 0. The molecule has 0 spiro atoms. The molecule has 2 heterocycles. The summed E-state index contributed by atoms with van der Waals surface area (Å²) in [5.74, 6) is -0.733. The molecule has 2 aliphatic rings. The van der Waals surface area contributed by atoms with Crippen molar-refractivity contribution in [3.05, 3.63) is 71.8 Å². The van der Waals surface area contributed by atoms with E-state index in [-0.39, 0.29) is 17.6 Å². The van der Waals surface area contributed by atoms with Crippen molar-refractivity contribution in [3.8, 4) is 0 Å². The maximum atomic E-state index is 14.3. The molecule has 0 aromatic heterocycles. The van der Waals surface area contributed by atoms with Crippen molar-refractivity contribution >= 4 is 17.6 Å². The van der Waals surface area contributed by atoms with Crippen LogP contribution in [0.15, 0.2) is 60.7 Å². The number of hydrogen-bond donors (Lipinski definition) is 0. The molecule has 0 aliphatic carbocycles. The van der Waals surface area contributed by atoms with E-state index >= 15 is 0 Å². The van der Waals surface area contributed by atoms with Crippen LogP contribution in [-0.4, -0.2) is 54.6 Å². The van der Waals surface area contributed by atoms with Crippen LogP contribution in [-0.2, 0) is 25.2 Å². The van der Waals surface area contributed by atoms with Crippen LogP contribution >= 0.6 is 0 Å². The van der Waals surface area contributed by atoms with E-state index in [2.05, 4.69) is 0 Å². The Morgan fingerprint density at radius 3 is 1.36 bits per heavy atom. The molecule has 2 aromatic rings. The number of hydrogen-bond acceptors (Lipinski definition) is 3. The average Bonchev–Trinajstić information content (AvgIpc) is 3.21. The second kappa shape index (κ2) is 6.59. The molecule has 0 unspecified atom stereocenters. The van der Waals surface area contributed by atoms with Crippen molar-refractivity contribution in [3.63, 3.8) is 0 Å². The van der Waals surface area contributed by atoms with E-state index in [0.717, 1.165) is 0 Å². The van der Waals surface area contributed by atoms with Gasteiger partial charge in [-0.1, -0.05) is 60.7 Å². The third-order valence-electron chi connectivity index (χ3n) is 6.38. The van der Waals surface area contributed by atoms with Gasteiger partial charge in [-0.05, 0) is 24.0 Å². The van der Waals surface area contributed by atoms with Gasteiger partial charge in [-0.2, -0.15) is 0 Å². The molecule has 5 nitrogen and oxygen atoms in total. The van der Waals surface area contributed by atoms with Crippen molar-refractivity contribution in [2.75, 3.05) is 27.2 Å². The van der Waals surface area contributed by atoms with Gasteiger partial charge in [0.15, 0.2) is 5.78 Å². The lowest BCUT2D eigenvalue weighted by Crippen LogP contribution is -2.56. The van der Waals surface area contributed by atoms with E-state index in [1.54, 1.807) is 23.9 Å². The largest absolute Gasteiger partial charge is 0.345 e. The standard InChI is InChI=1S/C23H24N2O3/c1-24-15-13-22(20(24)27,17-9-5-3-6-10-17)19(26)23(14-16-25(2)21(23)28)18-11-7-4-8-12-18/h3-12H,13-16H2,1-2H3/t22-,23-/m0/s1. The average molecular weight is 376 g/mol. The molecular formula is C23H24N2O3. The minimum atomic E-state index is -1.33. The molecule has 0 radical (unpaired) electrons. The molecule has 4 rings (SSSR count). The first kappa shape index (κ1) is 18.4. The van der Waals surface area contributed by atoms with Gasteiger partial charge in [0.25, 0.3) is 0 Å². The molecule has 144 valence electrons. The summed E-state index contributed by atoms with van der Waals surface area (Å²) < 4.78 is 0. The van der Waals surface area contributed by atoms with Gasteiger partial charge in [0, 0.05) is 27.2 Å².